The standard InChI is InChI=1S/C26H26FN7O2/c1-14(28)23-26(31)32-12-20(33-23)19-11-22(25(30)34-24(19)18-7-2-3-8-21(18)35)36-13-17(29)10-15-5-4-6-16(27)9-15/h2-9,11-12,17,28,35H,10,13,29H2,1H3,(H2,30,34)(H2,31,32). The molecule has 2 aromatic heterocycles. The Balaban J connectivity index is 1.71. The lowest BCUT2D eigenvalue weighted by Gasteiger charge is -2.17. The van der Waals surface area contributed by atoms with Crippen LogP contribution >= 0.6 is 0 Å². The number of aromatic hydroxyl groups is 1. The minimum absolute atomic E-state index is 0.00305. The van der Waals surface area contributed by atoms with E-state index in [0.29, 0.717) is 28.9 Å². The van der Waals surface area contributed by atoms with Crippen molar-refractivity contribution in [2.75, 3.05) is 18.1 Å². The molecule has 10 heteroatoms. The Morgan fingerprint density at radius 3 is 2.56 bits per heavy atom. The second kappa shape index (κ2) is 10.4. The molecule has 0 bridgehead atoms. The Hall–Kier alpha value is -4.57. The van der Waals surface area contributed by atoms with Gasteiger partial charge in [-0.1, -0.05) is 24.3 Å². The summed E-state index contributed by atoms with van der Waals surface area (Å²) >= 11 is 0. The molecular weight excluding hydrogens is 461 g/mol. The number of nitrogen functional groups attached to an aromatic ring is 2. The molecular formula is C26H26FN7O2. The first kappa shape index (κ1) is 24.6. The Morgan fingerprint density at radius 1 is 1.06 bits per heavy atom. The highest BCUT2D eigenvalue weighted by atomic mass is 19.1. The van der Waals surface area contributed by atoms with E-state index in [-0.39, 0.29) is 47.0 Å². The van der Waals surface area contributed by atoms with Gasteiger partial charge < -0.3 is 32.5 Å². The summed E-state index contributed by atoms with van der Waals surface area (Å²) in [6.45, 7) is 1.65. The first-order valence-electron chi connectivity index (χ1n) is 11.1. The van der Waals surface area contributed by atoms with E-state index in [0.717, 1.165) is 5.56 Å². The molecule has 0 aliphatic rings. The SMILES string of the molecule is CC(=N)c1nc(-c2cc(OCC(N)Cc3cccc(F)c3)c(N)nc2-c2ccccc2O)cnc1N. The van der Waals surface area contributed by atoms with E-state index in [1.165, 1.54) is 24.4 Å². The summed E-state index contributed by atoms with van der Waals surface area (Å²) in [5.74, 6) is 0.136. The summed E-state index contributed by atoms with van der Waals surface area (Å²) in [7, 11) is 0. The highest BCUT2D eigenvalue weighted by molar-refractivity contribution is 5.99. The number of rotatable bonds is 8. The molecule has 184 valence electrons. The van der Waals surface area contributed by atoms with Gasteiger partial charge in [0.05, 0.1) is 23.3 Å². The summed E-state index contributed by atoms with van der Waals surface area (Å²) in [6, 6.07) is 14.1. The molecule has 2 heterocycles. The number of phenols is 1. The normalized spacial score (nSPS) is 11.8. The van der Waals surface area contributed by atoms with Crippen LogP contribution in [-0.4, -0.2) is 38.4 Å². The van der Waals surface area contributed by atoms with Crippen molar-refractivity contribution in [3.63, 3.8) is 0 Å². The van der Waals surface area contributed by atoms with Gasteiger partial charge in [0.1, 0.15) is 23.9 Å². The zero-order valence-corrected chi connectivity index (χ0v) is 19.6. The molecule has 1 atom stereocenters. The van der Waals surface area contributed by atoms with E-state index >= 15 is 0 Å². The first-order chi connectivity index (χ1) is 17.2. The number of pyridine rings is 1. The number of nitrogens with zero attached hydrogens (tertiary/aromatic N) is 3. The van der Waals surface area contributed by atoms with E-state index < -0.39 is 6.04 Å². The maximum Gasteiger partial charge on any atom is 0.166 e. The minimum atomic E-state index is -0.434. The summed E-state index contributed by atoms with van der Waals surface area (Å²) in [5, 5.41) is 18.4. The molecule has 9 nitrogen and oxygen atoms in total. The number of aromatic nitrogens is 3. The molecule has 0 aliphatic carbocycles. The van der Waals surface area contributed by atoms with Gasteiger partial charge in [0, 0.05) is 17.2 Å². The highest BCUT2D eigenvalue weighted by Crippen LogP contribution is 2.38. The van der Waals surface area contributed by atoms with Crippen molar-refractivity contribution in [1.82, 2.24) is 15.0 Å². The lowest BCUT2D eigenvalue weighted by atomic mass is 10.0. The lowest BCUT2D eigenvalue weighted by Crippen LogP contribution is -2.30. The maximum absolute atomic E-state index is 13.5. The van der Waals surface area contributed by atoms with Gasteiger partial charge in [0.25, 0.3) is 0 Å². The van der Waals surface area contributed by atoms with Crippen LogP contribution in [0.4, 0.5) is 16.0 Å². The Labute approximate surface area is 207 Å². The molecule has 36 heavy (non-hydrogen) atoms. The van der Waals surface area contributed by atoms with Crippen LogP contribution in [0.5, 0.6) is 11.5 Å². The van der Waals surface area contributed by atoms with Crippen LogP contribution in [0.3, 0.4) is 0 Å². The smallest absolute Gasteiger partial charge is 0.166 e. The molecule has 0 radical (unpaired) electrons. The van der Waals surface area contributed by atoms with E-state index in [9.17, 15) is 9.50 Å². The van der Waals surface area contributed by atoms with E-state index in [4.69, 9.17) is 27.3 Å². The van der Waals surface area contributed by atoms with Crippen LogP contribution in [-0.2, 0) is 6.42 Å². The van der Waals surface area contributed by atoms with Crippen LogP contribution in [0.2, 0.25) is 0 Å². The number of phenolic OH excluding ortho intramolecular Hbond substituents is 1. The number of nitrogens with one attached hydrogen (secondary N) is 1. The Bertz CT molecular complexity index is 1430. The molecule has 0 spiro atoms. The zero-order chi connectivity index (χ0) is 25.8. The summed E-state index contributed by atoms with van der Waals surface area (Å²) in [5.41, 5.74) is 21.1. The number of halogens is 1. The van der Waals surface area contributed by atoms with Gasteiger partial charge in [-0.2, -0.15) is 0 Å². The van der Waals surface area contributed by atoms with Crippen LogP contribution in [0.25, 0.3) is 22.5 Å². The average molecular weight is 488 g/mol. The Kier molecular flexibility index (Phi) is 7.07. The van der Waals surface area contributed by atoms with Gasteiger partial charge in [-0.25, -0.2) is 19.3 Å². The van der Waals surface area contributed by atoms with E-state index in [1.54, 1.807) is 43.3 Å². The van der Waals surface area contributed by atoms with Crippen molar-refractivity contribution < 1.29 is 14.2 Å². The molecule has 8 N–H and O–H groups in total. The molecule has 0 saturated heterocycles. The highest BCUT2D eigenvalue weighted by Gasteiger charge is 2.20. The maximum atomic E-state index is 13.5. The van der Waals surface area contributed by atoms with Gasteiger partial charge in [0.15, 0.2) is 17.4 Å². The molecule has 0 saturated carbocycles. The van der Waals surface area contributed by atoms with Crippen molar-refractivity contribution in [2.45, 2.75) is 19.4 Å². The summed E-state index contributed by atoms with van der Waals surface area (Å²) < 4.78 is 19.4. The van der Waals surface area contributed by atoms with Gasteiger partial charge in [-0.15, -0.1) is 0 Å². The van der Waals surface area contributed by atoms with Gasteiger partial charge in [0.2, 0.25) is 0 Å². The third kappa shape index (κ3) is 5.39. The predicted molar refractivity (Wildman–Crippen MR) is 137 cm³/mol. The van der Waals surface area contributed by atoms with Gasteiger partial charge >= 0.3 is 0 Å². The summed E-state index contributed by atoms with van der Waals surface area (Å²) in [6.07, 6.45) is 1.86. The third-order valence-corrected chi connectivity index (χ3v) is 5.45. The minimum Gasteiger partial charge on any atom is -0.507 e. The van der Waals surface area contributed by atoms with Crippen molar-refractivity contribution in [1.29, 1.82) is 5.41 Å². The Morgan fingerprint density at radius 2 is 1.83 bits per heavy atom. The fourth-order valence-electron chi connectivity index (χ4n) is 3.73. The zero-order valence-electron chi connectivity index (χ0n) is 19.6. The molecule has 2 aromatic carbocycles. The van der Waals surface area contributed by atoms with Gasteiger partial charge in [-0.3, -0.25) is 0 Å². The fourth-order valence-corrected chi connectivity index (χ4v) is 3.73. The van der Waals surface area contributed by atoms with E-state index in [1.807, 2.05) is 0 Å². The van der Waals surface area contributed by atoms with Crippen molar-refractivity contribution in [2.24, 2.45) is 5.73 Å². The van der Waals surface area contributed by atoms with Crippen molar-refractivity contribution in [3.05, 3.63) is 77.9 Å². The van der Waals surface area contributed by atoms with Crippen LogP contribution in [0.15, 0.2) is 60.8 Å². The summed E-state index contributed by atoms with van der Waals surface area (Å²) in [4.78, 5) is 13.2. The fraction of sp³-hybridized carbons (Fsp3) is 0.154. The van der Waals surface area contributed by atoms with Crippen LogP contribution < -0.4 is 21.9 Å². The topological polar surface area (TPSA) is 170 Å². The quantitative estimate of drug-likeness (QED) is 0.235. The largest absolute Gasteiger partial charge is 0.507 e. The molecule has 0 aliphatic heterocycles. The van der Waals surface area contributed by atoms with Crippen molar-refractivity contribution >= 4 is 17.3 Å². The number of nitrogens with two attached hydrogens (primary N) is 3. The molecule has 4 aromatic rings. The van der Waals surface area contributed by atoms with Crippen molar-refractivity contribution in [3.8, 4) is 34.0 Å². The van der Waals surface area contributed by atoms with Crippen LogP contribution in [0.1, 0.15) is 18.2 Å². The molecule has 4 rings (SSSR count). The second-order valence-corrected chi connectivity index (χ2v) is 8.30. The third-order valence-electron chi connectivity index (χ3n) is 5.45. The van der Waals surface area contributed by atoms with Gasteiger partial charge in [-0.05, 0) is 49.2 Å². The molecule has 0 amide bonds. The molecule has 0 fully saturated rings. The number of ether oxygens (including phenoxy) is 1. The monoisotopic (exact) mass is 487 g/mol. The van der Waals surface area contributed by atoms with E-state index in [2.05, 4.69) is 15.0 Å². The number of hydrogen-bond acceptors (Lipinski definition) is 9. The number of hydrogen-bond donors (Lipinski definition) is 5. The molecule has 1 unspecified atom stereocenters. The number of benzene rings is 2. The average Bonchev–Trinajstić information content (AvgIpc) is 2.84. The second-order valence-electron chi connectivity index (χ2n) is 8.30. The lowest BCUT2D eigenvalue weighted by molar-refractivity contribution is 0.288. The number of anilines is 2. The number of para-hydroxylation sites is 1. The predicted octanol–water partition coefficient (Wildman–Crippen LogP) is 3.55. The van der Waals surface area contributed by atoms with Crippen LogP contribution in [0, 0.1) is 11.2 Å². The first-order valence-corrected chi connectivity index (χ1v) is 11.1.